The lowest BCUT2D eigenvalue weighted by molar-refractivity contribution is -0.127. The van der Waals surface area contributed by atoms with Crippen LogP contribution < -0.4 is 0 Å². The zero-order valence-corrected chi connectivity index (χ0v) is 21.7. The van der Waals surface area contributed by atoms with Gasteiger partial charge in [-0.2, -0.15) is 0 Å². The molecule has 1 aromatic rings. The van der Waals surface area contributed by atoms with Gasteiger partial charge in [-0.3, -0.25) is 4.79 Å². The second-order valence-electron chi connectivity index (χ2n) is 11.3. The molecule has 3 fully saturated rings. The highest BCUT2D eigenvalue weighted by molar-refractivity contribution is 14.1. The second kappa shape index (κ2) is 8.25. The number of Topliss-reactive ketones (excluding diaryl/α,β-unsaturated/α-hetero) is 1. The van der Waals surface area contributed by atoms with Crippen molar-refractivity contribution in [1.82, 2.24) is 0 Å². The number of halogens is 1. The number of fused-ring (bicyclic) bond motifs is 5. The van der Waals surface area contributed by atoms with E-state index < -0.39 is 0 Å². The van der Waals surface area contributed by atoms with Gasteiger partial charge in [0.05, 0.1) is 5.56 Å². The quantitative estimate of drug-likeness (QED) is 0.233. The van der Waals surface area contributed by atoms with Crippen molar-refractivity contribution in [3.8, 4) is 0 Å². The molecule has 0 aliphatic heterocycles. The lowest BCUT2D eigenvalue weighted by Gasteiger charge is -2.58. The summed E-state index contributed by atoms with van der Waals surface area (Å²) in [7, 11) is 0. The fourth-order valence-corrected chi connectivity index (χ4v) is 8.77. The van der Waals surface area contributed by atoms with Crippen LogP contribution in [0.15, 0.2) is 35.9 Å². The van der Waals surface area contributed by atoms with Crippen molar-refractivity contribution in [3.63, 3.8) is 0 Å². The van der Waals surface area contributed by atoms with Crippen LogP contribution in [-0.2, 0) is 9.53 Å². The van der Waals surface area contributed by atoms with Gasteiger partial charge in [-0.25, -0.2) is 4.79 Å². The Morgan fingerprint density at radius 1 is 1.06 bits per heavy atom. The van der Waals surface area contributed by atoms with E-state index in [-0.39, 0.29) is 28.8 Å². The summed E-state index contributed by atoms with van der Waals surface area (Å²) < 4.78 is 7.02. The fourth-order valence-electron chi connectivity index (χ4n) is 8.23. The van der Waals surface area contributed by atoms with Crippen molar-refractivity contribution in [2.75, 3.05) is 0 Å². The summed E-state index contributed by atoms with van der Waals surface area (Å²) in [6, 6.07) is 7.65. The molecule has 0 N–H and O–H groups in total. The topological polar surface area (TPSA) is 43.4 Å². The molecule has 0 spiro atoms. The predicted molar refractivity (Wildman–Crippen MR) is 134 cm³/mol. The molecule has 0 heterocycles. The van der Waals surface area contributed by atoms with Crippen molar-refractivity contribution in [2.24, 2.45) is 34.5 Å². The molecule has 0 aromatic heterocycles. The zero-order chi connectivity index (χ0) is 22.7. The Morgan fingerprint density at radius 3 is 2.62 bits per heavy atom. The van der Waals surface area contributed by atoms with Crippen molar-refractivity contribution in [1.29, 1.82) is 0 Å². The molecule has 4 aliphatic rings. The predicted octanol–water partition coefficient (Wildman–Crippen LogP) is 6.98. The maximum Gasteiger partial charge on any atom is 0.338 e. The molecule has 1 aromatic carbocycles. The largest absolute Gasteiger partial charge is 0.458 e. The second-order valence-corrected chi connectivity index (χ2v) is 12.6. The minimum atomic E-state index is -0.193. The SMILES string of the molecule is CC(=O)[C@@H]1CC[C@@H]2[C@H]3CC=C4C[C@H](OC(=O)c5cccc(I)c5)CC[C@]4(C)[C@@H]3CC[C@@]21C. The summed E-state index contributed by atoms with van der Waals surface area (Å²) in [5, 5.41) is 0. The maximum atomic E-state index is 12.7. The number of ketones is 1. The first-order chi connectivity index (χ1) is 15.2. The molecule has 5 rings (SSSR count). The summed E-state index contributed by atoms with van der Waals surface area (Å²) in [6.07, 6.45) is 11.3. The van der Waals surface area contributed by atoms with Crippen molar-refractivity contribution in [2.45, 2.75) is 78.2 Å². The number of hydrogen-bond donors (Lipinski definition) is 0. The van der Waals surface area contributed by atoms with E-state index in [2.05, 4.69) is 42.5 Å². The summed E-state index contributed by atoms with van der Waals surface area (Å²) in [5.74, 6) is 2.57. The highest BCUT2D eigenvalue weighted by Crippen LogP contribution is 2.66. The van der Waals surface area contributed by atoms with Crippen molar-refractivity contribution >= 4 is 34.3 Å². The van der Waals surface area contributed by atoms with Gasteiger partial charge in [0.1, 0.15) is 11.9 Å². The number of rotatable bonds is 3. The molecule has 0 unspecified atom stereocenters. The lowest BCUT2D eigenvalue weighted by Crippen LogP contribution is -2.51. The van der Waals surface area contributed by atoms with Gasteiger partial charge in [0.25, 0.3) is 0 Å². The van der Waals surface area contributed by atoms with Crippen molar-refractivity contribution in [3.05, 3.63) is 45.0 Å². The standard InChI is InChI=1S/C28H35IO3/c1-17(30)23-9-10-24-22-8-7-19-16-21(32-26(31)18-5-4-6-20(29)15-18)11-13-27(19,2)25(22)12-14-28(23,24)3/h4-7,15,21-25H,8-14,16H2,1-3H3/t21-,22-,23+,24-,25-,27+,28-/m1/s1. The third kappa shape index (κ3) is 3.59. The first-order valence-corrected chi connectivity index (χ1v) is 13.5. The smallest absolute Gasteiger partial charge is 0.338 e. The van der Waals surface area contributed by atoms with E-state index in [1.165, 1.54) is 24.8 Å². The maximum absolute atomic E-state index is 12.7. The van der Waals surface area contributed by atoms with E-state index in [1.807, 2.05) is 31.2 Å². The lowest BCUT2D eigenvalue weighted by atomic mass is 9.47. The molecule has 3 nitrogen and oxygen atoms in total. The van der Waals surface area contributed by atoms with E-state index in [0.717, 1.165) is 35.7 Å². The molecule has 4 heteroatoms. The molecular weight excluding hydrogens is 511 g/mol. The Kier molecular flexibility index (Phi) is 5.83. The summed E-state index contributed by atoms with van der Waals surface area (Å²) in [5.41, 5.74) is 2.60. The van der Waals surface area contributed by atoms with Gasteiger partial charge in [0.15, 0.2) is 0 Å². The Bertz CT molecular complexity index is 967. The average molecular weight is 546 g/mol. The Balaban J connectivity index is 1.32. The molecular formula is C28H35IO3. The van der Waals surface area contributed by atoms with Gasteiger partial charge < -0.3 is 4.74 Å². The normalized spacial score (nSPS) is 40.5. The average Bonchev–Trinajstić information content (AvgIpc) is 3.11. The van der Waals surface area contributed by atoms with Crippen LogP contribution in [0.3, 0.4) is 0 Å². The van der Waals surface area contributed by atoms with Crippen molar-refractivity contribution < 1.29 is 14.3 Å². The monoisotopic (exact) mass is 546 g/mol. The van der Waals surface area contributed by atoms with Crippen LogP contribution in [-0.4, -0.2) is 17.9 Å². The first kappa shape index (κ1) is 22.6. The van der Waals surface area contributed by atoms with Gasteiger partial charge in [-0.15, -0.1) is 0 Å². The van der Waals surface area contributed by atoms with E-state index in [9.17, 15) is 9.59 Å². The summed E-state index contributed by atoms with van der Waals surface area (Å²) >= 11 is 2.23. The Hall–Kier alpha value is -1.17. The minimum absolute atomic E-state index is 0.0151. The highest BCUT2D eigenvalue weighted by Gasteiger charge is 2.59. The van der Waals surface area contributed by atoms with E-state index in [4.69, 9.17) is 4.74 Å². The number of ether oxygens (including phenoxy) is 1. The van der Waals surface area contributed by atoms with Gasteiger partial charge >= 0.3 is 5.97 Å². The molecule has 3 saturated carbocycles. The molecule has 0 radical (unpaired) electrons. The Morgan fingerprint density at radius 2 is 1.88 bits per heavy atom. The number of benzene rings is 1. The first-order valence-electron chi connectivity index (χ1n) is 12.4. The number of hydrogen-bond acceptors (Lipinski definition) is 3. The van der Waals surface area contributed by atoms with Crippen LogP contribution in [0, 0.1) is 38.1 Å². The van der Waals surface area contributed by atoms with E-state index in [0.29, 0.717) is 29.1 Å². The molecule has 32 heavy (non-hydrogen) atoms. The number of carbonyl (C=O) groups excluding carboxylic acids is 2. The molecule has 4 aliphatic carbocycles. The van der Waals surface area contributed by atoms with Crippen LogP contribution in [0.4, 0.5) is 0 Å². The Labute approximate surface area is 205 Å². The van der Waals surface area contributed by atoms with Gasteiger partial charge in [0, 0.05) is 15.9 Å². The molecule has 7 atom stereocenters. The van der Waals surface area contributed by atoms with Gasteiger partial charge in [0.2, 0.25) is 0 Å². The highest BCUT2D eigenvalue weighted by atomic mass is 127. The number of allylic oxidation sites excluding steroid dienone is 1. The summed E-state index contributed by atoms with van der Waals surface area (Å²) in [6.45, 7) is 6.70. The molecule has 0 saturated heterocycles. The van der Waals surface area contributed by atoms with Crippen LogP contribution in [0.2, 0.25) is 0 Å². The fraction of sp³-hybridized carbons (Fsp3) is 0.643. The molecule has 0 amide bonds. The van der Waals surface area contributed by atoms with Gasteiger partial charge in [-0.05, 0) is 121 Å². The van der Waals surface area contributed by atoms with Crippen LogP contribution >= 0.6 is 22.6 Å². The van der Waals surface area contributed by atoms with Crippen LogP contribution in [0.5, 0.6) is 0 Å². The van der Waals surface area contributed by atoms with E-state index in [1.54, 1.807) is 0 Å². The third-order valence-corrected chi connectivity index (χ3v) is 10.6. The third-order valence-electron chi connectivity index (χ3n) is 9.88. The minimum Gasteiger partial charge on any atom is -0.458 e. The van der Waals surface area contributed by atoms with Crippen LogP contribution in [0.25, 0.3) is 0 Å². The van der Waals surface area contributed by atoms with Crippen LogP contribution in [0.1, 0.15) is 82.5 Å². The zero-order valence-electron chi connectivity index (χ0n) is 19.5. The van der Waals surface area contributed by atoms with E-state index >= 15 is 0 Å². The number of carbonyl (C=O) groups is 2. The molecule has 172 valence electrons. The van der Waals surface area contributed by atoms with Gasteiger partial charge in [-0.1, -0.05) is 31.6 Å². The summed E-state index contributed by atoms with van der Waals surface area (Å²) in [4.78, 5) is 25.1. The molecule has 0 bridgehead atoms. The number of esters is 1.